The molecule has 1 heterocycles. The second-order valence-corrected chi connectivity index (χ2v) is 7.70. The number of rotatable bonds is 1. The minimum Gasteiger partial charge on any atom is -0.325 e. The highest BCUT2D eigenvalue weighted by molar-refractivity contribution is 6.03. The first-order chi connectivity index (χ1) is 9.36. The summed E-state index contributed by atoms with van der Waals surface area (Å²) in [5.74, 6) is 1.59. The zero-order valence-electron chi connectivity index (χ0n) is 13.0. The van der Waals surface area contributed by atoms with Gasteiger partial charge in [0.25, 0.3) is 0 Å². The third-order valence-corrected chi connectivity index (χ3v) is 5.00. The zero-order valence-corrected chi connectivity index (χ0v) is 13.0. The lowest BCUT2D eigenvalue weighted by molar-refractivity contribution is -0.118. The van der Waals surface area contributed by atoms with Crippen molar-refractivity contribution in [3.63, 3.8) is 0 Å². The maximum atomic E-state index is 12.4. The van der Waals surface area contributed by atoms with Gasteiger partial charge in [-0.05, 0) is 47.3 Å². The summed E-state index contributed by atoms with van der Waals surface area (Å²) in [5, 5.41) is 3.08. The molecule has 2 heteroatoms. The van der Waals surface area contributed by atoms with E-state index in [4.69, 9.17) is 0 Å². The molecule has 0 bridgehead atoms. The summed E-state index contributed by atoms with van der Waals surface area (Å²) in [6.07, 6.45) is 3.65. The summed E-state index contributed by atoms with van der Waals surface area (Å²) in [6, 6.07) is 6.51. The van der Waals surface area contributed by atoms with Crippen molar-refractivity contribution in [2.24, 2.45) is 11.8 Å². The van der Waals surface area contributed by atoms with Gasteiger partial charge in [-0.25, -0.2) is 0 Å². The van der Waals surface area contributed by atoms with E-state index in [1.807, 2.05) is 0 Å². The van der Waals surface area contributed by atoms with E-state index in [1.165, 1.54) is 30.4 Å². The molecule has 20 heavy (non-hydrogen) atoms. The highest BCUT2D eigenvalue weighted by atomic mass is 16.2. The number of carbonyl (C=O) groups is 1. The van der Waals surface area contributed by atoms with Gasteiger partial charge in [0.15, 0.2) is 0 Å². The highest BCUT2D eigenvalue weighted by Gasteiger charge is 2.39. The van der Waals surface area contributed by atoms with Crippen molar-refractivity contribution in [3.8, 4) is 0 Å². The molecule has 0 aromatic heterocycles. The first-order valence-electron chi connectivity index (χ1n) is 7.81. The van der Waals surface area contributed by atoms with Gasteiger partial charge in [0.2, 0.25) is 5.91 Å². The average Bonchev–Trinajstić information content (AvgIpc) is 2.89. The number of amides is 1. The molecule has 1 N–H and O–H groups in total. The molecule has 1 aromatic rings. The molecule has 0 spiro atoms. The van der Waals surface area contributed by atoms with Crippen LogP contribution in [-0.2, 0) is 10.2 Å². The SMILES string of the molecule is CC1CCC(C2C(=O)Nc3ccc(C(C)(C)C)cc32)C1. The molecule has 1 amide bonds. The number of anilines is 1. The zero-order chi connectivity index (χ0) is 14.5. The van der Waals surface area contributed by atoms with Gasteiger partial charge in [-0.3, -0.25) is 4.79 Å². The summed E-state index contributed by atoms with van der Waals surface area (Å²) < 4.78 is 0. The van der Waals surface area contributed by atoms with E-state index in [-0.39, 0.29) is 17.2 Å². The molecule has 1 saturated carbocycles. The molecule has 1 aliphatic heterocycles. The van der Waals surface area contributed by atoms with E-state index < -0.39 is 0 Å². The largest absolute Gasteiger partial charge is 0.325 e. The van der Waals surface area contributed by atoms with Crippen molar-refractivity contribution < 1.29 is 4.79 Å². The van der Waals surface area contributed by atoms with Crippen LogP contribution >= 0.6 is 0 Å². The van der Waals surface area contributed by atoms with Crippen molar-refractivity contribution in [1.29, 1.82) is 0 Å². The molecular weight excluding hydrogens is 246 g/mol. The predicted molar refractivity (Wildman–Crippen MR) is 83.0 cm³/mol. The Morgan fingerprint density at radius 2 is 1.95 bits per heavy atom. The molecule has 1 aliphatic carbocycles. The van der Waals surface area contributed by atoms with E-state index >= 15 is 0 Å². The van der Waals surface area contributed by atoms with Gasteiger partial charge in [0.05, 0.1) is 5.92 Å². The fourth-order valence-corrected chi connectivity index (χ4v) is 3.77. The number of hydrogen-bond donors (Lipinski definition) is 1. The van der Waals surface area contributed by atoms with Gasteiger partial charge < -0.3 is 5.32 Å². The molecule has 0 saturated heterocycles. The van der Waals surface area contributed by atoms with Crippen LogP contribution in [0, 0.1) is 11.8 Å². The molecule has 3 rings (SSSR count). The molecule has 1 fully saturated rings. The van der Waals surface area contributed by atoms with Crippen LogP contribution in [0.5, 0.6) is 0 Å². The van der Waals surface area contributed by atoms with Crippen molar-refractivity contribution in [3.05, 3.63) is 29.3 Å². The Morgan fingerprint density at radius 1 is 1.20 bits per heavy atom. The Kier molecular flexibility index (Phi) is 3.15. The molecule has 2 nitrogen and oxygen atoms in total. The normalized spacial score (nSPS) is 29.4. The minimum absolute atomic E-state index is 0.0808. The number of fused-ring (bicyclic) bond motifs is 1. The van der Waals surface area contributed by atoms with Crippen LogP contribution in [0.4, 0.5) is 5.69 Å². The molecule has 0 radical (unpaired) electrons. The van der Waals surface area contributed by atoms with Crippen LogP contribution in [0.3, 0.4) is 0 Å². The number of hydrogen-bond acceptors (Lipinski definition) is 1. The Balaban J connectivity index is 1.98. The average molecular weight is 271 g/mol. The van der Waals surface area contributed by atoms with Crippen LogP contribution in [-0.4, -0.2) is 5.91 Å². The molecule has 3 unspecified atom stereocenters. The first-order valence-corrected chi connectivity index (χ1v) is 7.81. The fraction of sp³-hybridized carbons (Fsp3) is 0.611. The van der Waals surface area contributed by atoms with Crippen molar-refractivity contribution in [1.82, 2.24) is 0 Å². The summed E-state index contributed by atoms with van der Waals surface area (Å²) >= 11 is 0. The Labute approximate surface area is 122 Å². The summed E-state index contributed by atoms with van der Waals surface area (Å²) in [6.45, 7) is 8.99. The summed E-state index contributed by atoms with van der Waals surface area (Å²) in [4.78, 5) is 12.4. The molecule has 2 aliphatic rings. The maximum Gasteiger partial charge on any atom is 0.232 e. The Morgan fingerprint density at radius 3 is 2.55 bits per heavy atom. The number of nitrogens with one attached hydrogen (secondary N) is 1. The Hall–Kier alpha value is -1.31. The molecule has 3 atom stereocenters. The van der Waals surface area contributed by atoms with E-state index in [0.29, 0.717) is 5.92 Å². The van der Waals surface area contributed by atoms with Crippen molar-refractivity contribution in [2.45, 2.75) is 58.3 Å². The number of benzene rings is 1. The first kappa shape index (κ1) is 13.7. The minimum atomic E-state index is 0.0808. The van der Waals surface area contributed by atoms with Crippen LogP contribution in [0.15, 0.2) is 18.2 Å². The third kappa shape index (κ3) is 2.25. The lowest BCUT2D eigenvalue weighted by Gasteiger charge is -2.22. The third-order valence-electron chi connectivity index (χ3n) is 5.00. The van der Waals surface area contributed by atoms with Crippen LogP contribution < -0.4 is 5.32 Å². The van der Waals surface area contributed by atoms with Crippen LogP contribution in [0.1, 0.15) is 64.0 Å². The monoisotopic (exact) mass is 271 g/mol. The highest BCUT2D eigenvalue weighted by Crippen LogP contribution is 2.46. The second-order valence-electron chi connectivity index (χ2n) is 7.70. The van der Waals surface area contributed by atoms with E-state index in [2.05, 4.69) is 51.2 Å². The summed E-state index contributed by atoms with van der Waals surface area (Å²) in [7, 11) is 0. The molecular formula is C18H25NO. The number of carbonyl (C=O) groups excluding carboxylic acids is 1. The van der Waals surface area contributed by atoms with Gasteiger partial charge in [0.1, 0.15) is 0 Å². The predicted octanol–water partition coefficient (Wildman–Crippen LogP) is 4.46. The quantitative estimate of drug-likeness (QED) is 0.803. The lowest BCUT2D eigenvalue weighted by Crippen LogP contribution is -2.19. The van der Waals surface area contributed by atoms with Gasteiger partial charge in [0, 0.05) is 5.69 Å². The van der Waals surface area contributed by atoms with Crippen LogP contribution in [0.25, 0.3) is 0 Å². The second kappa shape index (κ2) is 4.61. The lowest BCUT2D eigenvalue weighted by atomic mass is 9.81. The van der Waals surface area contributed by atoms with E-state index in [1.54, 1.807) is 0 Å². The van der Waals surface area contributed by atoms with Gasteiger partial charge in [-0.2, -0.15) is 0 Å². The van der Waals surface area contributed by atoms with Crippen LogP contribution in [0.2, 0.25) is 0 Å². The van der Waals surface area contributed by atoms with E-state index in [0.717, 1.165) is 11.6 Å². The topological polar surface area (TPSA) is 29.1 Å². The standard InChI is InChI=1S/C18H25NO/c1-11-5-6-12(9-11)16-14-10-13(18(2,3)4)7-8-15(14)19-17(16)20/h7-8,10-12,16H,5-6,9H2,1-4H3,(H,19,20). The maximum absolute atomic E-state index is 12.4. The van der Waals surface area contributed by atoms with Gasteiger partial charge in [-0.1, -0.05) is 46.2 Å². The molecule has 1 aromatic carbocycles. The Bertz CT molecular complexity index is 541. The van der Waals surface area contributed by atoms with Crippen molar-refractivity contribution in [2.75, 3.05) is 5.32 Å². The smallest absolute Gasteiger partial charge is 0.232 e. The summed E-state index contributed by atoms with van der Waals surface area (Å²) in [5.41, 5.74) is 3.73. The fourth-order valence-electron chi connectivity index (χ4n) is 3.77. The van der Waals surface area contributed by atoms with Gasteiger partial charge in [-0.15, -0.1) is 0 Å². The molecule has 108 valence electrons. The van der Waals surface area contributed by atoms with Gasteiger partial charge >= 0.3 is 0 Å². The van der Waals surface area contributed by atoms with E-state index in [9.17, 15) is 4.79 Å². The van der Waals surface area contributed by atoms with Crippen molar-refractivity contribution >= 4 is 11.6 Å².